The van der Waals surface area contributed by atoms with E-state index in [4.69, 9.17) is 16.7 Å². The third-order valence-electron chi connectivity index (χ3n) is 2.74. The molecule has 0 aliphatic rings. The van der Waals surface area contributed by atoms with Gasteiger partial charge >= 0.3 is 5.97 Å². The van der Waals surface area contributed by atoms with E-state index in [0.29, 0.717) is 11.3 Å². The van der Waals surface area contributed by atoms with Crippen molar-refractivity contribution < 1.29 is 14.7 Å². The minimum Gasteiger partial charge on any atom is -0.478 e. The van der Waals surface area contributed by atoms with Crippen molar-refractivity contribution >= 4 is 29.2 Å². The fourth-order valence-corrected chi connectivity index (χ4v) is 1.86. The summed E-state index contributed by atoms with van der Waals surface area (Å²) in [7, 11) is 0. The number of halogens is 1. The second kappa shape index (κ2) is 5.71. The van der Waals surface area contributed by atoms with Gasteiger partial charge in [0.2, 0.25) is 0 Å². The number of carboxylic acid groups (broad SMARTS) is 1. The molecule has 102 valence electrons. The van der Waals surface area contributed by atoms with Crippen LogP contribution in [-0.4, -0.2) is 22.0 Å². The number of anilines is 1. The zero-order valence-electron chi connectivity index (χ0n) is 10.6. The third kappa shape index (κ3) is 2.95. The van der Waals surface area contributed by atoms with Gasteiger partial charge in [-0.15, -0.1) is 0 Å². The summed E-state index contributed by atoms with van der Waals surface area (Å²) < 4.78 is 0. The molecule has 6 heteroatoms. The number of rotatable bonds is 3. The quantitative estimate of drug-likeness (QED) is 0.911. The molecule has 5 nitrogen and oxygen atoms in total. The molecule has 1 heterocycles. The molecule has 1 aromatic heterocycles. The van der Waals surface area contributed by atoms with E-state index in [9.17, 15) is 9.59 Å². The largest absolute Gasteiger partial charge is 0.478 e. The van der Waals surface area contributed by atoms with Gasteiger partial charge in [0, 0.05) is 18.1 Å². The molecule has 0 saturated carbocycles. The van der Waals surface area contributed by atoms with Gasteiger partial charge in [-0.05, 0) is 30.7 Å². The van der Waals surface area contributed by atoms with Crippen LogP contribution in [0.4, 0.5) is 5.69 Å². The zero-order chi connectivity index (χ0) is 14.7. The first-order valence-corrected chi connectivity index (χ1v) is 6.11. The van der Waals surface area contributed by atoms with Gasteiger partial charge in [-0.2, -0.15) is 0 Å². The SMILES string of the molecule is Cc1ccc(NC(=O)c2cnccc2Cl)cc1C(=O)O. The van der Waals surface area contributed by atoms with E-state index in [-0.39, 0.29) is 16.1 Å². The lowest BCUT2D eigenvalue weighted by Gasteiger charge is -2.08. The third-order valence-corrected chi connectivity index (χ3v) is 3.07. The number of aryl methyl sites for hydroxylation is 1. The van der Waals surface area contributed by atoms with Gasteiger partial charge in [-0.25, -0.2) is 4.79 Å². The number of pyridine rings is 1. The van der Waals surface area contributed by atoms with E-state index in [0.717, 1.165) is 0 Å². The first kappa shape index (κ1) is 14.0. The number of carbonyl (C=O) groups excluding carboxylic acids is 1. The topological polar surface area (TPSA) is 79.3 Å². The molecule has 2 N–H and O–H groups in total. The number of nitrogens with zero attached hydrogens (tertiary/aromatic N) is 1. The highest BCUT2D eigenvalue weighted by molar-refractivity contribution is 6.34. The molecule has 0 unspecified atom stereocenters. The molecule has 2 rings (SSSR count). The van der Waals surface area contributed by atoms with E-state index in [1.807, 2.05) is 0 Å². The zero-order valence-corrected chi connectivity index (χ0v) is 11.3. The predicted octanol–water partition coefficient (Wildman–Crippen LogP) is 2.99. The van der Waals surface area contributed by atoms with Crippen molar-refractivity contribution in [1.82, 2.24) is 4.98 Å². The van der Waals surface area contributed by atoms with Crippen LogP contribution in [0.25, 0.3) is 0 Å². The lowest BCUT2D eigenvalue weighted by atomic mass is 10.1. The normalized spacial score (nSPS) is 10.1. The summed E-state index contributed by atoms with van der Waals surface area (Å²) in [5, 5.41) is 11.9. The fourth-order valence-electron chi connectivity index (χ4n) is 1.67. The molecule has 0 aliphatic heterocycles. The van der Waals surface area contributed by atoms with Gasteiger partial charge in [-0.3, -0.25) is 9.78 Å². The summed E-state index contributed by atoms with van der Waals surface area (Å²) >= 11 is 5.90. The van der Waals surface area contributed by atoms with Crippen LogP contribution >= 0.6 is 11.6 Å². The summed E-state index contributed by atoms with van der Waals surface area (Å²) in [5.41, 5.74) is 1.37. The molecular formula is C14H11ClN2O3. The smallest absolute Gasteiger partial charge is 0.336 e. The summed E-state index contributed by atoms with van der Waals surface area (Å²) in [5.74, 6) is -1.48. The van der Waals surface area contributed by atoms with E-state index in [2.05, 4.69) is 10.3 Å². The van der Waals surface area contributed by atoms with Crippen molar-refractivity contribution in [3.8, 4) is 0 Å². The molecule has 20 heavy (non-hydrogen) atoms. The number of hydrogen-bond acceptors (Lipinski definition) is 3. The average molecular weight is 291 g/mol. The fraction of sp³-hybridized carbons (Fsp3) is 0.0714. The first-order chi connectivity index (χ1) is 9.49. The number of hydrogen-bond donors (Lipinski definition) is 2. The Hall–Kier alpha value is -2.40. The lowest BCUT2D eigenvalue weighted by Crippen LogP contribution is -2.13. The van der Waals surface area contributed by atoms with Crippen LogP contribution in [0.1, 0.15) is 26.3 Å². The maximum absolute atomic E-state index is 12.0. The molecule has 1 aromatic carbocycles. The number of aromatic carboxylic acids is 1. The summed E-state index contributed by atoms with van der Waals surface area (Å²) in [4.78, 5) is 26.9. The van der Waals surface area contributed by atoms with Crippen LogP contribution in [-0.2, 0) is 0 Å². The van der Waals surface area contributed by atoms with Gasteiger partial charge < -0.3 is 10.4 Å². The van der Waals surface area contributed by atoms with Crippen molar-refractivity contribution in [3.05, 3.63) is 58.4 Å². The Morgan fingerprint density at radius 3 is 2.65 bits per heavy atom. The molecule has 0 fully saturated rings. The summed E-state index contributed by atoms with van der Waals surface area (Å²) in [6.45, 7) is 1.69. The molecule has 1 amide bonds. The standard InChI is InChI=1S/C14H11ClN2O3/c1-8-2-3-9(6-10(8)14(19)20)17-13(18)11-7-16-5-4-12(11)15/h2-7H,1H3,(H,17,18)(H,19,20). The Labute approximate surface area is 120 Å². The minimum atomic E-state index is -1.04. The van der Waals surface area contributed by atoms with Gasteiger partial charge in [0.25, 0.3) is 5.91 Å². The van der Waals surface area contributed by atoms with Crippen LogP contribution < -0.4 is 5.32 Å². The van der Waals surface area contributed by atoms with Crippen LogP contribution in [0, 0.1) is 6.92 Å². The lowest BCUT2D eigenvalue weighted by molar-refractivity contribution is 0.0695. The van der Waals surface area contributed by atoms with E-state index < -0.39 is 11.9 Å². The summed E-state index contributed by atoms with van der Waals surface area (Å²) in [6.07, 6.45) is 2.83. The molecule has 0 radical (unpaired) electrons. The Morgan fingerprint density at radius 2 is 2.00 bits per heavy atom. The second-order valence-corrected chi connectivity index (χ2v) is 4.55. The highest BCUT2D eigenvalue weighted by Gasteiger charge is 2.13. The average Bonchev–Trinajstić information content (AvgIpc) is 2.41. The molecule has 0 spiro atoms. The van der Waals surface area contributed by atoms with Crippen LogP contribution in [0.5, 0.6) is 0 Å². The van der Waals surface area contributed by atoms with Crippen molar-refractivity contribution in [1.29, 1.82) is 0 Å². The Morgan fingerprint density at radius 1 is 1.25 bits per heavy atom. The Bertz CT molecular complexity index is 686. The molecular weight excluding hydrogens is 280 g/mol. The van der Waals surface area contributed by atoms with Gasteiger partial charge in [-0.1, -0.05) is 17.7 Å². The molecule has 0 aliphatic carbocycles. The molecule has 0 saturated heterocycles. The van der Waals surface area contributed by atoms with Crippen LogP contribution in [0.15, 0.2) is 36.7 Å². The number of carbonyl (C=O) groups is 2. The Balaban J connectivity index is 2.27. The Kier molecular flexibility index (Phi) is 4.00. The monoisotopic (exact) mass is 290 g/mol. The van der Waals surface area contributed by atoms with Crippen LogP contribution in [0.3, 0.4) is 0 Å². The highest BCUT2D eigenvalue weighted by atomic mass is 35.5. The maximum atomic E-state index is 12.0. The maximum Gasteiger partial charge on any atom is 0.336 e. The molecule has 2 aromatic rings. The number of nitrogens with one attached hydrogen (secondary N) is 1. The number of aromatic nitrogens is 1. The van der Waals surface area contributed by atoms with Gasteiger partial charge in [0.15, 0.2) is 0 Å². The first-order valence-electron chi connectivity index (χ1n) is 5.74. The van der Waals surface area contributed by atoms with Crippen LogP contribution in [0.2, 0.25) is 5.02 Å². The minimum absolute atomic E-state index is 0.139. The van der Waals surface area contributed by atoms with E-state index in [1.165, 1.54) is 24.5 Å². The second-order valence-electron chi connectivity index (χ2n) is 4.14. The van der Waals surface area contributed by atoms with E-state index >= 15 is 0 Å². The van der Waals surface area contributed by atoms with Crippen molar-refractivity contribution in [2.75, 3.05) is 5.32 Å². The summed E-state index contributed by atoms with van der Waals surface area (Å²) in [6, 6.07) is 6.17. The highest BCUT2D eigenvalue weighted by Crippen LogP contribution is 2.18. The number of amides is 1. The number of carboxylic acids is 1. The van der Waals surface area contributed by atoms with E-state index in [1.54, 1.807) is 19.1 Å². The number of benzene rings is 1. The van der Waals surface area contributed by atoms with Crippen molar-refractivity contribution in [3.63, 3.8) is 0 Å². The predicted molar refractivity (Wildman–Crippen MR) is 75.3 cm³/mol. The molecule has 0 atom stereocenters. The van der Waals surface area contributed by atoms with Gasteiger partial charge in [0.05, 0.1) is 16.1 Å². The van der Waals surface area contributed by atoms with Crippen molar-refractivity contribution in [2.45, 2.75) is 6.92 Å². The van der Waals surface area contributed by atoms with Gasteiger partial charge in [0.1, 0.15) is 0 Å². The van der Waals surface area contributed by atoms with Crippen molar-refractivity contribution in [2.24, 2.45) is 0 Å². The molecule has 0 bridgehead atoms.